The predicted molar refractivity (Wildman–Crippen MR) is 95.2 cm³/mol. The maximum Gasteiger partial charge on any atom is 0.416 e. The summed E-state index contributed by atoms with van der Waals surface area (Å²) in [6.45, 7) is 1.46. The molecule has 3 rings (SSSR count). The quantitative estimate of drug-likeness (QED) is 0.730. The summed E-state index contributed by atoms with van der Waals surface area (Å²) in [6, 6.07) is 1.40. The number of alkyl halides is 3. The van der Waals surface area contributed by atoms with E-state index < -0.39 is 23.6 Å². The molecule has 0 aliphatic heterocycles. The third-order valence-corrected chi connectivity index (χ3v) is 4.77. The number of carbonyl (C=O) groups is 2. The Morgan fingerprint density at radius 1 is 1.25 bits per heavy atom. The van der Waals surface area contributed by atoms with Crippen LogP contribution in [0.15, 0.2) is 12.1 Å². The smallest absolute Gasteiger partial charge is 0.416 e. The first kappa shape index (κ1) is 20.5. The minimum atomic E-state index is -4.64. The van der Waals surface area contributed by atoms with Crippen LogP contribution in [0.4, 0.5) is 13.2 Å². The zero-order valence-electron chi connectivity index (χ0n) is 14.7. The van der Waals surface area contributed by atoms with E-state index in [-0.39, 0.29) is 38.7 Å². The highest BCUT2D eigenvalue weighted by molar-refractivity contribution is 6.38. The molecule has 0 saturated heterocycles. The van der Waals surface area contributed by atoms with Crippen LogP contribution < -0.4 is 5.32 Å². The Labute approximate surface area is 167 Å². The fourth-order valence-corrected chi connectivity index (χ4v) is 3.29. The number of aromatic nitrogens is 2. The van der Waals surface area contributed by atoms with Crippen molar-refractivity contribution in [3.63, 3.8) is 0 Å². The molecule has 0 bridgehead atoms. The van der Waals surface area contributed by atoms with Gasteiger partial charge in [0.15, 0.2) is 5.69 Å². The summed E-state index contributed by atoms with van der Waals surface area (Å²) < 4.78 is 44.7. The number of carbonyl (C=O) groups excluding carboxylic acids is 2. The first-order valence-electron chi connectivity index (χ1n) is 8.10. The van der Waals surface area contributed by atoms with Gasteiger partial charge in [0, 0.05) is 6.04 Å². The average Bonchev–Trinajstić information content (AvgIpc) is 3.35. The summed E-state index contributed by atoms with van der Waals surface area (Å²) in [7, 11) is 1.14. The number of hydrogen-bond donors (Lipinski definition) is 1. The molecule has 1 aliphatic carbocycles. The Bertz CT molecular complexity index is 946. The van der Waals surface area contributed by atoms with Gasteiger partial charge < -0.3 is 10.1 Å². The zero-order valence-corrected chi connectivity index (χ0v) is 16.2. The lowest BCUT2D eigenvalue weighted by molar-refractivity contribution is -0.137. The molecule has 0 radical (unpaired) electrons. The standard InChI is InChI=1S/C17H14Cl2F3N3O3/c1-7-12(16(27)28-2)13(15(26)23-9-3-4-9)24-25(7)14-10(18)5-8(6-11(14)19)17(20,21)22/h5-6,9H,3-4H2,1-2H3,(H,23,26). The fraction of sp³-hybridized carbons (Fsp3) is 0.353. The largest absolute Gasteiger partial charge is 0.465 e. The number of rotatable bonds is 4. The maximum atomic E-state index is 13.0. The van der Waals surface area contributed by atoms with Gasteiger partial charge in [-0.3, -0.25) is 4.79 Å². The van der Waals surface area contributed by atoms with Gasteiger partial charge in [0.05, 0.1) is 28.4 Å². The molecule has 0 spiro atoms. The molecule has 0 unspecified atom stereocenters. The van der Waals surface area contributed by atoms with Gasteiger partial charge in [-0.05, 0) is 31.9 Å². The van der Waals surface area contributed by atoms with E-state index in [1.165, 1.54) is 6.92 Å². The van der Waals surface area contributed by atoms with Gasteiger partial charge in [-0.25, -0.2) is 9.48 Å². The van der Waals surface area contributed by atoms with Gasteiger partial charge in [-0.2, -0.15) is 18.3 Å². The molecule has 1 N–H and O–H groups in total. The summed E-state index contributed by atoms with van der Waals surface area (Å²) in [5.41, 5.74) is -1.30. The topological polar surface area (TPSA) is 73.2 Å². The van der Waals surface area contributed by atoms with Crippen molar-refractivity contribution >= 4 is 35.1 Å². The number of methoxy groups -OCH3 is 1. The van der Waals surface area contributed by atoms with Crippen molar-refractivity contribution < 1.29 is 27.5 Å². The number of hydrogen-bond acceptors (Lipinski definition) is 4. The van der Waals surface area contributed by atoms with Crippen LogP contribution >= 0.6 is 23.2 Å². The van der Waals surface area contributed by atoms with E-state index in [0.29, 0.717) is 12.1 Å². The third kappa shape index (κ3) is 3.81. The van der Waals surface area contributed by atoms with Crippen molar-refractivity contribution in [3.05, 3.63) is 44.7 Å². The van der Waals surface area contributed by atoms with Gasteiger partial charge in [0.2, 0.25) is 0 Å². The molecular weight excluding hydrogens is 422 g/mol. The second-order valence-electron chi connectivity index (χ2n) is 6.25. The molecule has 28 heavy (non-hydrogen) atoms. The Hall–Kier alpha value is -2.26. The number of esters is 1. The van der Waals surface area contributed by atoms with Crippen molar-refractivity contribution in [1.29, 1.82) is 0 Å². The summed E-state index contributed by atoms with van der Waals surface area (Å²) >= 11 is 12.1. The van der Waals surface area contributed by atoms with E-state index in [4.69, 9.17) is 27.9 Å². The first-order valence-corrected chi connectivity index (χ1v) is 8.85. The summed E-state index contributed by atoms with van der Waals surface area (Å²) in [5, 5.41) is 6.13. The highest BCUT2D eigenvalue weighted by atomic mass is 35.5. The number of ether oxygens (including phenoxy) is 1. The summed E-state index contributed by atoms with van der Waals surface area (Å²) in [6.07, 6.45) is -3.01. The van der Waals surface area contributed by atoms with Crippen LogP contribution in [0.5, 0.6) is 0 Å². The van der Waals surface area contributed by atoms with Gasteiger partial charge in [-0.1, -0.05) is 23.2 Å². The Morgan fingerprint density at radius 2 is 1.82 bits per heavy atom. The minimum absolute atomic E-state index is 0.00157. The highest BCUT2D eigenvalue weighted by Crippen LogP contribution is 2.38. The zero-order chi connectivity index (χ0) is 20.8. The van der Waals surface area contributed by atoms with E-state index in [2.05, 4.69) is 10.4 Å². The van der Waals surface area contributed by atoms with Crippen molar-refractivity contribution in [2.75, 3.05) is 7.11 Å². The van der Waals surface area contributed by atoms with Crippen LogP contribution in [-0.2, 0) is 10.9 Å². The van der Waals surface area contributed by atoms with Crippen molar-refractivity contribution in [3.8, 4) is 5.69 Å². The lowest BCUT2D eigenvalue weighted by Crippen LogP contribution is -2.27. The lowest BCUT2D eigenvalue weighted by Gasteiger charge is -2.13. The SMILES string of the molecule is COC(=O)c1c(C(=O)NC2CC2)nn(-c2c(Cl)cc(C(F)(F)F)cc2Cl)c1C. The van der Waals surface area contributed by atoms with E-state index >= 15 is 0 Å². The van der Waals surface area contributed by atoms with Crippen LogP contribution in [0.1, 0.15) is 44.9 Å². The molecule has 0 atom stereocenters. The number of nitrogens with zero attached hydrogens (tertiary/aromatic N) is 2. The van der Waals surface area contributed by atoms with E-state index in [1.807, 2.05) is 0 Å². The van der Waals surface area contributed by atoms with Crippen LogP contribution in [-0.4, -0.2) is 34.8 Å². The Balaban J connectivity index is 2.16. The third-order valence-electron chi connectivity index (χ3n) is 4.19. The first-order chi connectivity index (χ1) is 13.0. The van der Waals surface area contributed by atoms with Gasteiger partial charge in [-0.15, -0.1) is 0 Å². The predicted octanol–water partition coefficient (Wildman–Crippen LogP) is 4.19. The van der Waals surface area contributed by atoms with E-state index in [1.54, 1.807) is 0 Å². The number of benzene rings is 1. The monoisotopic (exact) mass is 435 g/mol. The molecule has 1 aromatic carbocycles. The van der Waals surface area contributed by atoms with E-state index in [9.17, 15) is 22.8 Å². The summed E-state index contributed by atoms with van der Waals surface area (Å²) in [5.74, 6) is -1.41. The van der Waals surface area contributed by atoms with Crippen LogP contribution in [0, 0.1) is 6.92 Å². The molecular formula is C17H14Cl2F3N3O3. The fourth-order valence-electron chi connectivity index (χ4n) is 2.64. The number of amides is 1. The molecule has 1 fully saturated rings. The van der Waals surface area contributed by atoms with E-state index in [0.717, 1.165) is 24.6 Å². The Morgan fingerprint density at radius 3 is 2.29 bits per heavy atom. The van der Waals surface area contributed by atoms with Crippen molar-refractivity contribution in [2.24, 2.45) is 0 Å². The maximum absolute atomic E-state index is 13.0. The molecule has 1 aliphatic rings. The van der Waals surface area contributed by atoms with Crippen LogP contribution in [0.25, 0.3) is 5.69 Å². The highest BCUT2D eigenvalue weighted by Gasteiger charge is 2.34. The van der Waals surface area contributed by atoms with Crippen LogP contribution in [0.2, 0.25) is 10.0 Å². The molecule has 150 valence electrons. The second kappa shape index (κ2) is 7.29. The van der Waals surface area contributed by atoms with Gasteiger partial charge >= 0.3 is 12.1 Å². The minimum Gasteiger partial charge on any atom is -0.465 e. The Kier molecular flexibility index (Phi) is 5.33. The second-order valence-corrected chi connectivity index (χ2v) is 7.06. The molecule has 1 aromatic heterocycles. The van der Waals surface area contributed by atoms with Crippen LogP contribution in [0.3, 0.4) is 0 Å². The normalized spacial score (nSPS) is 14.1. The van der Waals surface area contributed by atoms with Gasteiger partial charge in [0.25, 0.3) is 5.91 Å². The molecule has 2 aromatic rings. The molecule has 1 saturated carbocycles. The van der Waals surface area contributed by atoms with Crippen molar-refractivity contribution in [1.82, 2.24) is 15.1 Å². The van der Waals surface area contributed by atoms with Crippen molar-refractivity contribution in [2.45, 2.75) is 32.0 Å². The summed E-state index contributed by atoms with van der Waals surface area (Å²) in [4.78, 5) is 24.7. The number of nitrogens with one attached hydrogen (secondary N) is 1. The molecule has 1 heterocycles. The molecule has 6 nitrogen and oxygen atoms in total. The molecule has 1 amide bonds. The average molecular weight is 436 g/mol. The van der Waals surface area contributed by atoms with Gasteiger partial charge in [0.1, 0.15) is 11.3 Å². The molecule has 11 heteroatoms. The number of halogens is 5. The lowest BCUT2D eigenvalue weighted by atomic mass is 10.1.